The van der Waals surface area contributed by atoms with Gasteiger partial charge in [0.15, 0.2) is 5.78 Å². The summed E-state index contributed by atoms with van der Waals surface area (Å²) in [5.41, 5.74) is 2.00. The van der Waals surface area contributed by atoms with E-state index in [9.17, 15) is 18.0 Å². The lowest BCUT2D eigenvalue weighted by Crippen LogP contribution is -2.41. The van der Waals surface area contributed by atoms with Gasteiger partial charge in [0.1, 0.15) is 0 Å². The van der Waals surface area contributed by atoms with E-state index in [1.54, 1.807) is 16.7 Å². The molecule has 0 aliphatic carbocycles. The van der Waals surface area contributed by atoms with E-state index in [1.807, 2.05) is 13.1 Å². The molecule has 0 atom stereocenters. The highest BCUT2D eigenvalue weighted by molar-refractivity contribution is 7.89. The Kier molecular flexibility index (Phi) is 6.07. The zero-order valence-electron chi connectivity index (χ0n) is 17.7. The summed E-state index contributed by atoms with van der Waals surface area (Å²) in [6.45, 7) is 1.92. The summed E-state index contributed by atoms with van der Waals surface area (Å²) in [6.07, 6.45) is 0.818. The first-order chi connectivity index (χ1) is 15.2. The number of nitrogens with zero attached hydrogens (tertiary/aromatic N) is 3. The van der Waals surface area contributed by atoms with Gasteiger partial charge in [0.25, 0.3) is 0 Å². The maximum atomic E-state index is 12.9. The first-order valence-electron chi connectivity index (χ1n) is 10.2. The lowest BCUT2D eigenvalue weighted by molar-refractivity contribution is -0.121. The van der Waals surface area contributed by atoms with E-state index in [4.69, 9.17) is 11.6 Å². The van der Waals surface area contributed by atoms with Crippen molar-refractivity contribution in [2.24, 2.45) is 13.0 Å². The number of hydrogen-bond donors (Lipinski definition) is 1. The lowest BCUT2D eigenvalue weighted by Gasteiger charge is -2.30. The number of nitrogens with one attached hydrogen (secondary N) is 1. The number of sulfonamides is 1. The number of hydrogen-bond acceptors (Lipinski definition) is 5. The zero-order valence-corrected chi connectivity index (χ0v) is 19.3. The molecule has 1 aliphatic heterocycles. The predicted molar refractivity (Wildman–Crippen MR) is 122 cm³/mol. The van der Waals surface area contributed by atoms with E-state index in [0.29, 0.717) is 34.9 Å². The number of carbonyl (C=O) groups is 2. The van der Waals surface area contributed by atoms with Crippen LogP contribution in [0.15, 0.2) is 47.4 Å². The standard InChI is InChI=1S/C22H23ClN4O4S/c1-14(28)15-3-6-18(7-4-15)32(30,31)27-11-9-16(10-12-27)21(29)25-22-24-19-13-17(23)5-8-20(19)26(22)2/h3-8,13,16H,9-12H2,1-2H3,(H,24,25,29). The lowest BCUT2D eigenvalue weighted by atomic mass is 9.97. The van der Waals surface area contributed by atoms with Crippen LogP contribution in [0.5, 0.6) is 0 Å². The summed E-state index contributed by atoms with van der Waals surface area (Å²) in [4.78, 5) is 28.8. The van der Waals surface area contributed by atoms with Crippen molar-refractivity contribution in [2.75, 3.05) is 18.4 Å². The average molecular weight is 475 g/mol. The van der Waals surface area contributed by atoms with Crippen molar-refractivity contribution in [1.29, 1.82) is 0 Å². The Morgan fingerprint density at radius 1 is 1.09 bits per heavy atom. The van der Waals surface area contributed by atoms with Gasteiger partial charge in [-0.15, -0.1) is 0 Å². The number of ketones is 1. The fourth-order valence-electron chi connectivity index (χ4n) is 3.87. The first-order valence-corrected chi connectivity index (χ1v) is 12.0. The summed E-state index contributed by atoms with van der Waals surface area (Å²) in [7, 11) is -1.87. The quantitative estimate of drug-likeness (QED) is 0.570. The number of fused-ring (bicyclic) bond motifs is 1. The Balaban J connectivity index is 1.41. The number of Topliss-reactive ketones (excluding diaryl/α,β-unsaturated/α-hetero) is 1. The van der Waals surface area contributed by atoms with E-state index in [-0.39, 0.29) is 35.6 Å². The second-order valence-electron chi connectivity index (χ2n) is 7.88. The Morgan fingerprint density at radius 3 is 2.38 bits per heavy atom. The SMILES string of the molecule is CC(=O)c1ccc(S(=O)(=O)N2CCC(C(=O)Nc3nc4cc(Cl)ccc4n3C)CC2)cc1. The van der Waals surface area contributed by atoms with Crippen LogP contribution in [-0.4, -0.2) is 47.1 Å². The molecule has 0 spiro atoms. The number of piperidine rings is 1. The molecule has 1 amide bonds. The molecule has 0 radical (unpaired) electrons. The van der Waals surface area contributed by atoms with Crippen molar-refractivity contribution in [3.05, 3.63) is 53.1 Å². The number of halogens is 1. The van der Waals surface area contributed by atoms with Gasteiger partial charge in [-0.3, -0.25) is 14.9 Å². The average Bonchev–Trinajstić information content (AvgIpc) is 3.08. The molecule has 2 heterocycles. The van der Waals surface area contributed by atoms with Gasteiger partial charge in [0.2, 0.25) is 21.9 Å². The number of imidazole rings is 1. The maximum absolute atomic E-state index is 12.9. The monoisotopic (exact) mass is 474 g/mol. The van der Waals surface area contributed by atoms with Gasteiger partial charge in [0, 0.05) is 36.6 Å². The van der Waals surface area contributed by atoms with Crippen LogP contribution in [0.1, 0.15) is 30.1 Å². The Labute approximate surface area is 191 Å². The summed E-state index contributed by atoms with van der Waals surface area (Å²) < 4.78 is 29.0. The van der Waals surface area contributed by atoms with Crippen molar-refractivity contribution in [1.82, 2.24) is 13.9 Å². The molecule has 3 aromatic rings. The van der Waals surface area contributed by atoms with Gasteiger partial charge < -0.3 is 4.57 Å². The molecule has 168 valence electrons. The second kappa shape index (κ2) is 8.65. The van der Waals surface area contributed by atoms with Crippen LogP contribution < -0.4 is 5.32 Å². The number of amides is 1. The Hall–Kier alpha value is -2.75. The highest BCUT2D eigenvalue weighted by atomic mass is 35.5. The topological polar surface area (TPSA) is 101 Å². The molecule has 10 heteroatoms. The number of aryl methyl sites for hydroxylation is 1. The minimum Gasteiger partial charge on any atom is -0.313 e. The fourth-order valence-corrected chi connectivity index (χ4v) is 5.50. The van der Waals surface area contributed by atoms with E-state index < -0.39 is 10.0 Å². The molecule has 1 saturated heterocycles. The predicted octanol–water partition coefficient (Wildman–Crippen LogP) is 3.47. The van der Waals surface area contributed by atoms with Crippen molar-refractivity contribution >= 4 is 50.3 Å². The normalized spacial score (nSPS) is 15.7. The van der Waals surface area contributed by atoms with Crippen LogP contribution in [0.3, 0.4) is 0 Å². The number of benzene rings is 2. The van der Waals surface area contributed by atoms with E-state index in [0.717, 1.165) is 5.52 Å². The zero-order chi connectivity index (χ0) is 23.0. The molecular weight excluding hydrogens is 452 g/mol. The van der Waals surface area contributed by atoms with Gasteiger partial charge in [-0.2, -0.15) is 4.31 Å². The van der Waals surface area contributed by atoms with E-state index in [1.165, 1.54) is 35.5 Å². The molecule has 1 aliphatic rings. The van der Waals surface area contributed by atoms with E-state index >= 15 is 0 Å². The van der Waals surface area contributed by atoms with Crippen LogP contribution in [0.2, 0.25) is 5.02 Å². The summed E-state index contributed by atoms with van der Waals surface area (Å²) >= 11 is 6.02. The number of anilines is 1. The smallest absolute Gasteiger partial charge is 0.243 e. The minimum atomic E-state index is -3.68. The highest BCUT2D eigenvalue weighted by Gasteiger charge is 2.32. The molecule has 4 rings (SSSR count). The van der Waals surface area contributed by atoms with Gasteiger partial charge in [0.05, 0.1) is 15.9 Å². The van der Waals surface area contributed by atoms with Crippen molar-refractivity contribution in [2.45, 2.75) is 24.7 Å². The van der Waals surface area contributed by atoms with E-state index in [2.05, 4.69) is 10.3 Å². The molecule has 32 heavy (non-hydrogen) atoms. The molecule has 0 bridgehead atoms. The third-order valence-corrected chi connectivity index (χ3v) is 7.95. The Morgan fingerprint density at radius 2 is 1.75 bits per heavy atom. The molecular formula is C22H23ClN4O4S. The molecule has 1 N–H and O–H groups in total. The van der Waals surface area contributed by atoms with Gasteiger partial charge in [-0.1, -0.05) is 23.7 Å². The van der Waals surface area contributed by atoms with Crippen LogP contribution >= 0.6 is 11.6 Å². The molecule has 1 fully saturated rings. The number of rotatable bonds is 5. The van der Waals surface area contributed by atoms with Crippen LogP contribution in [-0.2, 0) is 21.9 Å². The second-order valence-corrected chi connectivity index (χ2v) is 10.3. The third kappa shape index (κ3) is 4.28. The van der Waals surface area contributed by atoms with Crippen LogP contribution in [0.4, 0.5) is 5.95 Å². The van der Waals surface area contributed by atoms with Crippen LogP contribution in [0.25, 0.3) is 11.0 Å². The largest absolute Gasteiger partial charge is 0.313 e. The molecule has 2 aromatic carbocycles. The highest BCUT2D eigenvalue weighted by Crippen LogP contribution is 2.26. The van der Waals surface area contributed by atoms with Crippen molar-refractivity contribution in [3.63, 3.8) is 0 Å². The Bertz CT molecular complexity index is 1290. The fraction of sp³-hybridized carbons (Fsp3) is 0.318. The first kappa shape index (κ1) is 22.4. The van der Waals surface area contributed by atoms with Crippen LogP contribution in [0, 0.1) is 5.92 Å². The summed E-state index contributed by atoms with van der Waals surface area (Å²) in [5, 5.41) is 3.43. The van der Waals surface area contributed by atoms with Gasteiger partial charge in [-0.05, 0) is 50.1 Å². The molecule has 8 nitrogen and oxygen atoms in total. The number of aromatic nitrogens is 2. The molecule has 1 aromatic heterocycles. The molecule has 0 unspecified atom stereocenters. The van der Waals surface area contributed by atoms with Crippen molar-refractivity contribution < 1.29 is 18.0 Å². The summed E-state index contributed by atoms with van der Waals surface area (Å²) in [6, 6.07) is 11.3. The summed E-state index contributed by atoms with van der Waals surface area (Å²) in [5.74, 6) is -0.195. The third-order valence-electron chi connectivity index (χ3n) is 5.80. The van der Waals surface area contributed by atoms with Gasteiger partial charge in [-0.25, -0.2) is 13.4 Å². The number of carbonyl (C=O) groups excluding carboxylic acids is 2. The van der Waals surface area contributed by atoms with Crippen molar-refractivity contribution in [3.8, 4) is 0 Å². The maximum Gasteiger partial charge on any atom is 0.243 e. The molecule has 0 saturated carbocycles. The minimum absolute atomic E-state index is 0.121. The van der Waals surface area contributed by atoms with Gasteiger partial charge >= 0.3 is 0 Å².